The highest BCUT2D eigenvalue weighted by atomic mass is 15.0. The first kappa shape index (κ1) is 12.8. The molecule has 0 fully saturated rings. The molecule has 0 saturated heterocycles. The number of aromatic amines is 1. The van der Waals surface area contributed by atoms with Crippen LogP contribution in [0.25, 0.3) is 11.4 Å². The van der Waals surface area contributed by atoms with E-state index in [4.69, 9.17) is 5.73 Å². The van der Waals surface area contributed by atoms with Gasteiger partial charge >= 0.3 is 0 Å². The number of hydrogen-bond donors (Lipinski definition) is 2. The molecule has 4 nitrogen and oxygen atoms in total. The second kappa shape index (κ2) is 4.90. The fraction of sp³-hybridized carbons (Fsp3) is 0.429. The molecular formula is C14H20N4. The zero-order chi connectivity index (χ0) is 13.2. The normalized spacial score (nSPS) is 11.8. The zero-order valence-electron chi connectivity index (χ0n) is 11.2. The van der Waals surface area contributed by atoms with Crippen molar-refractivity contribution in [2.24, 2.45) is 11.1 Å². The molecular weight excluding hydrogens is 224 g/mol. The number of pyridine rings is 1. The van der Waals surface area contributed by atoms with E-state index in [9.17, 15) is 0 Å². The van der Waals surface area contributed by atoms with Gasteiger partial charge in [-0.25, -0.2) is 4.98 Å². The summed E-state index contributed by atoms with van der Waals surface area (Å²) in [6.45, 7) is 6.96. The van der Waals surface area contributed by atoms with Crippen LogP contribution < -0.4 is 5.73 Å². The first-order chi connectivity index (χ1) is 8.52. The van der Waals surface area contributed by atoms with Crippen molar-refractivity contribution in [2.45, 2.75) is 27.2 Å². The molecule has 96 valence electrons. The number of aromatic nitrogens is 3. The smallest absolute Gasteiger partial charge is 0.110 e. The van der Waals surface area contributed by atoms with E-state index in [0.717, 1.165) is 29.3 Å². The first-order valence-corrected chi connectivity index (χ1v) is 6.19. The van der Waals surface area contributed by atoms with Crippen LogP contribution in [0.3, 0.4) is 0 Å². The predicted octanol–water partition coefficient (Wildman–Crippen LogP) is 2.31. The fourth-order valence-electron chi connectivity index (χ4n) is 1.88. The minimum Gasteiger partial charge on any atom is -0.346 e. The second-order valence-corrected chi connectivity index (χ2v) is 5.42. The standard InChI is InChI=1S/C14H20N4/c1-10-13(11-6-4-5-7-16-11)18-12(17-10)8-14(2,3)9-15/h4-7H,8-9,15H2,1-3H3,(H,17,18). The SMILES string of the molecule is Cc1[nH]c(CC(C)(C)CN)nc1-c1ccccn1. The van der Waals surface area contributed by atoms with Crippen LogP contribution in [0.15, 0.2) is 24.4 Å². The van der Waals surface area contributed by atoms with E-state index >= 15 is 0 Å². The molecule has 0 aliphatic rings. The average molecular weight is 244 g/mol. The minimum atomic E-state index is 0.0612. The van der Waals surface area contributed by atoms with Gasteiger partial charge in [0, 0.05) is 18.3 Å². The van der Waals surface area contributed by atoms with Gasteiger partial charge in [0.05, 0.1) is 5.69 Å². The van der Waals surface area contributed by atoms with Gasteiger partial charge in [-0.1, -0.05) is 19.9 Å². The Bertz CT molecular complexity index is 514. The summed E-state index contributed by atoms with van der Waals surface area (Å²) in [4.78, 5) is 12.3. The lowest BCUT2D eigenvalue weighted by molar-refractivity contribution is 0.369. The third-order valence-corrected chi connectivity index (χ3v) is 3.04. The maximum atomic E-state index is 5.76. The third-order valence-electron chi connectivity index (χ3n) is 3.04. The molecule has 2 rings (SSSR count). The zero-order valence-corrected chi connectivity index (χ0v) is 11.2. The number of imidazole rings is 1. The monoisotopic (exact) mass is 244 g/mol. The van der Waals surface area contributed by atoms with Gasteiger partial charge in [-0.3, -0.25) is 4.98 Å². The summed E-state index contributed by atoms with van der Waals surface area (Å²) in [5, 5.41) is 0. The lowest BCUT2D eigenvalue weighted by Crippen LogP contribution is -2.26. The number of nitrogens with two attached hydrogens (primary N) is 1. The predicted molar refractivity (Wildman–Crippen MR) is 73.1 cm³/mol. The molecule has 4 heteroatoms. The molecule has 0 bridgehead atoms. The Labute approximate surface area is 108 Å². The second-order valence-electron chi connectivity index (χ2n) is 5.42. The van der Waals surface area contributed by atoms with Crippen LogP contribution in [0.2, 0.25) is 0 Å². The summed E-state index contributed by atoms with van der Waals surface area (Å²) in [6.07, 6.45) is 2.63. The summed E-state index contributed by atoms with van der Waals surface area (Å²) < 4.78 is 0. The van der Waals surface area contributed by atoms with Gasteiger partial charge in [-0.2, -0.15) is 0 Å². The van der Waals surface area contributed by atoms with Crippen LogP contribution in [0.1, 0.15) is 25.4 Å². The van der Waals surface area contributed by atoms with E-state index in [0.29, 0.717) is 6.54 Å². The van der Waals surface area contributed by atoms with E-state index in [1.807, 2.05) is 25.1 Å². The van der Waals surface area contributed by atoms with Gasteiger partial charge in [0.2, 0.25) is 0 Å². The van der Waals surface area contributed by atoms with E-state index in [-0.39, 0.29) is 5.41 Å². The molecule has 2 aromatic heterocycles. The number of nitrogens with zero attached hydrogens (tertiary/aromatic N) is 2. The van der Waals surface area contributed by atoms with Crippen molar-refractivity contribution in [3.63, 3.8) is 0 Å². The number of aryl methyl sites for hydroxylation is 1. The van der Waals surface area contributed by atoms with Crippen LogP contribution in [0.5, 0.6) is 0 Å². The maximum Gasteiger partial charge on any atom is 0.110 e. The summed E-state index contributed by atoms with van der Waals surface area (Å²) in [5.41, 5.74) is 8.70. The molecule has 18 heavy (non-hydrogen) atoms. The molecule has 0 unspecified atom stereocenters. The Kier molecular flexibility index (Phi) is 3.48. The molecule has 0 spiro atoms. The minimum absolute atomic E-state index is 0.0612. The average Bonchev–Trinajstić information content (AvgIpc) is 2.70. The van der Waals surface area contributed by atoms with Crippen LogP contribution in [-0.2, 0) is 6.42 Å². The van der Waals surface area contributed by atoms with Gasteiger partial charge in [-0.15, -0.1) is 0 Å². The van der Waals surface area contributed by atoms with Crippen molar-refractivity contribution < 1.29 is 0 Å². The van der Waals surface area contributed by atoms with Gasteiger partial charge < -0.3 is 10.7 Å². The van der Waals surface area contributed by atoms with Gasteiger partial charge in [0.25, 0.3) is 0 Å². The molecule has 3 N–H and O–H groups in total. The van der Waals surface area contributed by atoms with E-state index in [1.54, 1.807) is 6.20 Å². The van der Waals surface area contributed by atoms with E-state index in [2.05, 4.69) is 28.8 Å². The molecule has 0 saturated carbocycles. The molecule has 0 aliphatic heterocycles. The Morgan fingerprint density at radius 2 is 2.11 bits per heavy atom. The molecule has 2 heterocycles. The van der Waals surface area contributed by atoms with Crippen LogP contribution in [0, 0.1) is 12.3 Å². The molecule has 2 aromatic rings. The number of H-pyrrole nitrogens is 1. The maximum absolute atomic E-state index is 5.76. The largest absolute Gasteiger partial charge is 0.346 e. The van der Waals surface area contributed by atoms with Crippen LogP contribution >= 0.6 is 0 Å². The van der Waals surface area contributed by atoms with E-state index in [1.165, 1.54) is 0 Å². The van der Waals surface area contributed by atoms with Crippen molar-refractivity contribution >= 4 is 0 Å². The van der Waals surface area contributed by atoms with Crippen molar-refractivity contribution in [2.75, 3.05) is 6.54 Å². The highest BCUT2D eigenvalue weighted by molar-refractivity contribution is 5.56. The number of hydrogen-bond acceptors (Lipinski definition) is 3. The Balaban J connectivity index is 2.28. The van der Waals surface area contributed by atoms with Gasteiger partial charge in [-0.05, 0) is 31.0 Å². The lowest BCUT2D eigenvalue weighted by Gasteiger charge is -2.20. The summed E-state index contributed by atoms with van der Waals surface area (Å²) in [5.74, 6) is 0.976. The lowest BCUT2D eigenvalue weighted by atomic mass is 9.89. The summed E-state index contributed by atoms with van der Waals surface area (Å²) in [7, 11) is 0. The Hall–Kier alpha value is -1.68. The third kappa shape index (κ3) is 2.76. The van der Waals surface area contributed by atoms with Crippen molar-refractivity contribution in [3.8, 4) is 11.4 Å². The Morgan fingerprint density at radius 3 is 2.72 bits per heavy atom. The Morgan fingerprint density at radius 1 is 1.33 bits per heavy atom. The quantitative estimate of drug-likeness (QED) is 0.867. The fourth-order valence-corrected chi connectivity index (χ4v) is 1.88. The molecule has 0 aliphatic carbocycles. The topological polar surface area (TPSA) is 67.6 Å². The van der Waals surface area contributed by atoms with Gasteiger partial charge in [0.1, 0.15) is 11.5 Å². The highest BCUT2D eigenvalue weighted by Gasteiger charge is 2.19. The molecule has 0 amide bonds. The van der Waals surface area contributed by atoms with E-state index < -0.39 is 0 Å². The van der Waals surface area contributed by atoms with Crippen LogP contribution in [-0.4, -0.2) is 21.5 Å². The summed E-state index contributed by atoms with van der Waals surface area (Å²) in [6, 6.07) is 5.85. The molecule has 0 radical (unpaired) electrons. The van der Waals surface area contributed by atoms with Crippen LogP contribution in [0.4, 0.5) is 0 Å². The molecule has 0 aromatic carbocycles. The number of nitrogens with one attached hydrogen (secondary N) is 1. The number of rotatable bonds is 4. The van der Waals surface area contributed by atoms with Crippen molar-refractivity contribution in [1.82, 2.24) is 15.0 Å². The molecule has 0 atom stereocenters. The van der Waals surface area contributed by atoms with Gasteiger partial charge in [0.15, 0.2) is 0 Å². The summed E-state index contributed by atoms with van der Waals surface area (Å²) >= 11 is 0. The highest BCUT2D eigenvalue weighted by Crippen LogP contribution is 2.23. The van der Waals surface area contributed by atoms with Crippen molar-refractivity contribution in [1.29, 1.82) is 0 Å². The van der Waals surface area contributed by atoms with Crippen molar-refractivity contribution in [3.05, 3.63) is 35.9 Å². The first-order valence-electron chi connectivity index (χ1n) is 6.19.